The summed E-state index contributed by atoms with van der Waals surface area (Å²) in [4.78, 5) is 33.7. The third kappa shape index (κ3) is 4.54. The SMILES string of the molecule is Cn1cc(-c2nc(N3CCOCC3)c3nc(C(=O)N4CC[C@@H](CS(N)(=O)=O)C4)[nH]c3n2)cn1. The summed E-state index contributed by atoms with van der Waals surface area (Å²) in [6.07, 6.45) is 4.08. The Hall–Kier alpha value is -3.10. The van der Waals surface area contributed by atoms with Crippen molar-refractivity contribution in [1.82, 2.24) is 34.6 Å². The number of amides is 1. The van der Waals surface area contributed by atoms with E-state index < -0.39 is 10.0 Å². The maximum Gasteiger partial charge on any atom is 0.289 e. The summed E-state index contributed by atoms with van der Waals surface area (Å²) >= 11 is 0. The predicted molar refractivity (Wildman–Crippen MR) is 119 cm³/mol. The monoisotopic (exact) mass is 475 g/mol. The molecule has 0 saturated carbocycles. The molecule has 0 bridgehead atoms. The number of carbonyl (C=O) groups is 1. The minimum atomic E-state index is -3.59. The normalized spacial score (nSPS) is 19.5. The zero-order valence-corrected chi connectivity index (χ0v) is 19.0. The number of H-pyrrole nitrogens is 1. The van der Waals surface area contributed by atoms with Crippen LogP contribution < -0.4 is 10.0 Å². The van der Waals surface area contributed by atoms with E-state index in [2.05, 4.69) is 25.0 Å². The number of likely N-dealkylation sites (tertiary alicyclic amines) is 1. The van der Waals surface area contributed by atoms with E-state index in [9.17, 15) is 13.2 Å². The van der Waals surface area contributed by atoms with Crippen molar-refractivity contribution < 1.29 is 17.9 Å². The zero-order valence-electron chi connectivity index (χ0n) is 18.1. The Labute approximate surface area is 190 Å². The lowest BCUT2D eigenvalue weighted by atomic mass is 10.2. The third-order valence-corrected chi connectivity index (χ3v) is 6.78. The van der Waals surface area contributed by atoms with Gasteiger partial charge in [-0.2, -0.15) is 5.10 Å². The van der Waals surface area contributed by atoms with E-state index in [1.54, 1.807) is 15.8 Å². The van der Waals surface area contributed by atoms with Gasteiger partial charge in [-0.15, -0.1) is 0 Å². The molecule has 5 heterocycles. The molecule has 1 amide bonds. The maximum absolute atomic E-state index is 13.1. The smallest absolute Gasteiger partial charge is 0.289 e. The largest absolute Gasteiger partial charge is 0.378 e. The highest BCUT2D eigenvalue weighted by Crippen LogP contribution is 2.28. The van der Waals surface area contributed by atoms with Crippen LogP contribution in [0.5, 0.6) is 0 Å². The summed E-state index contributed by atoms with van der Waals surface area (Å²) in [6, 6.07) is 0. The van der Waals surface area contributed by atoms with Gasteiger partial charge in [0.05, 0.1) is 30.7 Å². The summed E-state index contributed by atoms with van der Waals surface area (Å²) in [5, 5.41) is 9.36. The Kier molecular flexibility index (Phi) is 5.50. The molecule has 0 aromatic carbocycles. The van der Waals surface area contributed by atoms with E-state index >= 15 is 0 Å². The number of aromatic nitrogens is 6. The van der Waals surface area contributed by atoms with Crippen LogP contribution >= 0.6 is 0 Å². The quantitative estimate of drug-likeness (QED) is 0.487. The van der Waals surface area contributed by atoms with E-state index in [0.717, 1.165) is 5.56 Å². The number of sulfonamides is 1. The number of rotatable bonds is 5. The van der Waals surface area contributed by atoms with Crippen molar-refractivity contribution in [2.45, 2.75) is 6.42 Å². The molecule has 1 atom stereocenters. The Morgan fingerprint density at radius 3 is 2.73 bits per heavy atom. The molecule has 3 aromatic heterocycles. The van der Waals surface area contributed by atoms with Crippen molar-refractivity contribution in [1.29, 1.82) is 0 Å². The number of hydrogen-bond donors (Lipinski definition) is 2. The van der Waals surface area contributed by atoms with Gasteiger partial charge in [-0.05, 0) is 12.3 Å². The molecule has 0 aliphatic carbocycles. The molecule has 14 heteroatoms. The molecule has 2 aliphatic rings. The number of aryl methyl sites for hydroxylation is 1. The lowest BCUT2D eigenvalue weighted by Crippen LogP contribution is -2.37. The first-order chi connectivity index (χ1) is 15.8. The minimum absolute atomic E-state index is 0.141. The number of nitrogens with two attached hydrogens (primary N) is 1. The molecule has 0 radical (unpaired) electrons. The van der Waals surface area contributed by atoms with Crippen LogP contribution in [0.1, 0.15) is 17.0 Å². The van der Waals surface area contributed by atoms with Crippen LogP contribution in [0.2, 0.25) is 0 Å². The molecular weight excluding hydrogens is 450 g/mol. The van der Waals surface area contributed by atoms with Gasteiger partial charge in [0.1, 0.15) is 0 Å². The molecule has 3 aromatic rings. The number of anilines is 1. The van der Waals surface area contributed by atoms with Crippen molar-refractivity contribution in [3.05, 3.63) is 18.2 Å². The second-order valence-electron chi connectivity index (χ2n) is 8.39. The summed E-state index contributed by atoms with van der Waals surface area (Å²) in [7, 11) is -1.77. The van der Waals surface area contributed by atoms with Crippen LogP contribution in [-0.2, 0) is 21.8 Å². The molecule has 0 spiro atoms. The van der Waals surface area contributed by atoms with Gasteiger partial charge in [0.2, 0.25) is 10.0 Å². The molecule has 5 rings (SSSR count). The van der Waals surface area contributed by atoms with Crippen molar-refractivity contribution in [2.24, 2.45) is 18.1 Å². The van der Waals surface area contributed by atoms with Gasteiger partial charge in [-0.3, -0.25) is 9.48 Å². The second kappa shape index (κ2) is 8.35. The first-order valence-electron chi connectivity index (χ1n) is 10.7. The van der Waals surface area contributed by atoms with Gasteiger partial charge in [0.25, 0.3) is 5.91 Å². The Morgan fingerprint density at radius 2 is 2.03 bits per heavy atom. The van der Waals surface area contributed by atoms with Crippen LogP contribution in [0.3, 0.4) is 0 Å². The fourth-order valence-corrected chi connectivity index (χ4v) is 5.21. The van der Waals surface area contributed by atoms with E-state index in [1.807, 2.05) is 13.2 Å². The lowest BCUT2D eigenvalue weighted by Gasteiger charge is -2.28. The number of morpholine rings is 1. The highest BCUT2D eigenvalue weighted by molar-refractivity contribution is 7.89. The van der Waals surface area contributed by atoms with Crippen LogP contribution in [0.4, 0.5) is 5.82 Å². The Morgan fingerprint density at radius 1 is 1.24 bits per heavy atom. The molecule has 176 valence electrons. The van der Waals surface area contributed by atoms with E-state index in [1.165, 1.54) is 0 Å². The first kappa shape index (κ1) is 21.7. The predicted octanol–water partition coefficient (Wildman–Crippen LogP) is -0.659. The Bertz CT molecular complexity index is 1300. The zero-order chi connectivity index (χ0) is 23.2. The van der Waals surface area contributed by atoms with Crippen molar-refractivity contribution in [2.75, 3.05) is 50.0 Å². The first-order valence-corrected chi connectivity index (χ1v) is 12.4. The molecule has 2 saturated heterocycles. The molecule has 2 aliphatic heterocycles. The van der Waals surface area contributed by atoms with E-state index in [4.69, 9.17) is 14.9 Å². The molecular formula is C19H25N9O4S. The summed E-state index contributed by atoms with van der Waals surface area (Å²) in [6.45, 7) is 3.20. The van der Waals surface area contributed by atoms with Crippen LogP contribution in [-0.4, -0.2) is 94.1 Å². The van der Waals surface area contributed by atoms with Gasteiger partial charge >= 0.3 is 0 Å². The molecule has 0 unspecified atom stereocenters. The van der Waals surface area contributed by atoms with Crippen LogP contribution in [0.25, 0.3) is 22.6 Å². The maximum atomic E-state index is 13.1. The number of hydrogen-bond acceptors (Lipinski definition) is 9. The number of aromatic amines is 1. The fraction of sp³-hybridized carbons (Fsp3) is 0.526. The van der Waals surface area contributed by atoms with Gasteiger partial charge in [-0.25, -0.2) is 28.5 Å². The number of ether oxygens (including phenoxy) is 1. The highest BCUT2D eigenvalue weighted by atomic mass is 32.2. The van der Waals surface area contributed by atoms with Crippen LogP contribution in [0, 0.1) is 5.92 Å². The standard InChI is InChI=1S/C19H25N9O4S/c1-26-10-13(8-21-26)15-23-16-14(18(25-15)27-4-6-32-7-5-27)22-17(24-16)19(29)28-3-2-12(9-28)11-33(20,30)31/h8,10,12H,2-7,9,11H2,1H3,(H2,20,30,31)(H,22,23,24,25)/t12-/m1/s1. The average molecular weight is 476 g/mol. The molecule has 13 nitrogen and oxygen atoms in total. The number of primary sulfonamides is 1. The number of carbonyl (C=O) groups excluding carboxylic acids is 1. The van der Waals surface area contributed by atoms with Gasteiger partial charge < -0.3 is 19.5 Å². The van der Waals surface area contributed by atoms with Gasteiger partial charge in [-0.1, -0.05) is 0 Å². The molecule has 3 N–H and O–H groups in total. The summed E-state index contributed by atoms with van der Waals surface area (Å²) in [5.41, 5.74) is 1.71. The van der Waals surface area contributed by atoms with E-state index in [0.29, 0.717) is 68.6 Å². The number of imidazole rings is 1. The number of fused-ring (bicyclic) bond motifs is 1. The van der Waals surface area contributed by atoms with Crippen LogP contribution in [0.15, 0.2) is 12.4 Å². The molecule has 2 fully saturated rings. The minimum Gasteiger partial charge on any atom is -0.378 e. The number of nitrogens with one attached hydrogen (secondary N) is 1. The topological polar surface area (TPSA) is 165 Å². The summed E-state index contributed by atoms with van der Waals surface area (Å²) in [5.74, 6) is 0.626. The van der Waals surface area contributed by atoms with Crippen molar-refractivity contribution in [3.8, 4) is 11.4 Å². The average Bonchev–Trinajstić information content (AvgIpc) is 3.51. The fourth-order valence-electron chi connectivity index (χ4n) is 4.28. The third-order valence-electron chi connectivity index (χ3n) is 5.84. The second-order valence-corrected chi connectivity index (χ2v) is 10.0. The van der Waals surface area contributed by atoms with Gasteiger partial charge in [0.15, 0.2) is 28.6 Å². The summed E-state index contributed by atoms with van der Waals surface area (Å²) < 4.78 is 30.0. The van der Waals surface area contributed by atoms with Crippen molar-refractivity contribution in [3.63, 3.8) is 0 Å². The Balaban J connectivity index is 1.49. The lowest BCUT2D eigenvalue weighted by molar-refractivity contribution is 0.0777. The van der Waals surface area contributed by atoms with Gasteiger partial charge in [0, 0.05) is 39.4 Å². The van der Waals surface area contributed by atoms with Crippen molar-refractivity contribution >= 4 is 32.9 Å². The molecule has 33 heavy (non-hydrogen) atoms. The highest BCUT2D eigenvalue weighted by Gasteiger charge is 2.31. The number of nitrogens with zero attached hydrogens (tertiary/aromatic N) is 7. The van der Waals surface area contributed by atoms with E-state index in [-0.39, 0.29) is 23.4 Å².